The van der Waals surface area contributed by atoms with Crippen molar-refractivity contribution < 1.29 is 112 Å². The van der Waals surface area contributed by atoms with Gasteiger partial charge in [0.25, 0.3) is 0 Å². The van der Waals surface area contributed by atoms with Crippen LogP contribution in [0.5, 0.6) is 5.75 Å². The average Bonchev–Trinajstić information content (AvgIpc) is 1.68. The molecule has 726 valence electrons. The molecule has 0 spiro atoms. The van der Waals surface area contributed by atoms with Crippen molar-refractivity contribution in [2.45, 2.75) is 256 Å². The molecule has 49 heteroatoms. The lowest BCUT2D eigenvalue weighted by molar-refractivity contribution is -0.142. The largest absolute Gasteiger partial charge is 0.508 e. The number of carbonyl (C=O) groups is 19. The summed E-state index contributed by atoms with van der Waals surface area (Å²) in [6, 6.07) is -14.9. The second-order valence-corrected chi connectivity index (χ2v) is 33.3. The molecule has 0 unspecified atom stereocenters. The molecular weight excluding hydrogens is 1720 g/mol. The number of thiol groups is 1. The molecule has 1 aromatic carbocycles. The maximum atomic E-state index is 14.7. The SMILES string of the molecule is CC(C)C[C@H](NC(=O)[C@H](CCC(=O)O)NC(=O)[C@H](CS)NC(=O)[C@H](CC(N)=O)NC(=O)[C@@H](N)C(C)C)C(=O)NCC(=O)N1CCC[C@H]1C(=O)N[C@@H](Cc1ccc(O)cc1)C(=O)N[C@H](C(=O)N[C@@H](CCCCN)C(=O)NCC(=O)N[C@H](C(=O)N[C@@H](CCCCN)C(=O)N[C@H](C(=O)NCC(=O)N[C@@H](CCCNC(=N)N)C(=O)N[C@@H](Cc1c[nH]cn1)C(=O)O)C(C)C)[C@@H](C)O)C(C)C. The second-order valence-electron chi connectivity index (χ2n) is 33.0. The van der Waals surface area contributed by atoms with Crippen LogP contribution in [0.1, 0.15) is 163 Å². The van der Waals surface area contributed by atoms with Crippen molar-refractivity contribution in [2.75, 3.05) is 51.6 Å². The van der Waals surface area contributed by atoms with Gasteiger partial charge in [0.15, 0.2) is 5.96 Å². The van der Waals surface area contributed by atoms with Gasteiger partial charge in [0, 0.05) is 44.3 Å². The number of amides is 17. The zero-order chi connectivity index (χ0) is 97.8. The zero-order valence-electron chi connectivity index (χ0n) is 74.7. The minimum atomic E-state index is -1.80. The number of imidazole rings is 1. The monoisotopic (exact) mass is 1860 g/mol. The van der Waals surface area contributed by atoms with Crippen molar-refractivity contribution >= 4 is 131 Å². The van der Waals surface area contributed by atoms with Gasteiger partial charge in [-0.2, -0.15) is 12.6 Å². The van der Waals surface area contributed by atoms with Gasteiger partial charge >= 0.3 is 11.9 Å². The summed E-state index contributed by atoms with van der Waals surface area (Å²) < 4.78 is 0. The van der Waals surface area contributed by atoms with Gasteiger partial charge in [0.2, 0.25) is 100 Å². The fourth-order valence-corrected chi connectivity index (χ4v) is 13.5. The highest BCUT2D eigenvalue weighted by Crippen LogP contribution is 2.21. The van der Waals surface area contributed by atoms with Gasteiger partial charge in [-0.25, -0.2) is 9.78 Å². The number of nitrogens with one attached hydrogen (secondary N) is 18. The van der Waals surface area contributed by atoms with Gasteiger partial charge in [0.1, 0.15) is 84.3 Å². The number of primary amides is 1. The number of aliphatic hydroxyl groups is 1. The molecule has 0 aliphatic carbocycles. The number of unbranched alkanes of at least 4 members (excludes halogenated alkanes) is 2. The van der Waals surface area contributed by atoms with Crippen LogP contribution >= 0.6 is 12.6 Å². The van der Waals surface area contributed by atoms with Crippen LogP contribution in [0.25, 0.3) is 0 Å². The minimum Gasteiger partial charge on any atom is -0.508 e. The van der Waals surface area contributed by atoms with Crippen LogP contribution in [0.15, 0.2) is 36.8 Å². The number of hydrogen-bond acceptors (Lipinski definition) is 27. The normalized spacial score (nSPS) is 15.6. The molecule has 0 radical (unpaired) electrons. The van der Waals surface area contributed by atoms with Crippen LogP contribution in [-0.2, 0) is 104 Å². The fraction of sp³-hybridized carbons (Fsp3) is 0.642. The molecule has 1 aliphatic rings. The zero-order valence-corrected chi connectivity index (χ0v) is 75.6. The lowest BCUT2D eigenvalue weighted by Gasteiger charge is -2.29. The van der Waals surface area contributed by atoms with E-state index in [0.717, 1.165) is 11.8 Å². The quantitative estimate of drug-likeness (QED) is 0.0127. The summed E-state index contributed by atoms with van der Waals surface area (Å²) in [6.07, 6.45) is 0.00493. The summed E-state index contributed by atoms with van der Waals surface area (Å²) >= 11 is 4.15. The molecule has 1 saturated heterocycles. The molecule has 2 heterocycles. The second kappa shape index (κ2) is 57.5. The first-order valence-corrected chi connectivity index (χ1v) is 43.6. The van der Waals surface area contributed by atoms with Crippen LogP contribution in [0.3, 0.4) is 0 Å². The molecule has 3 rings (SSSR count). The number of H-pyrrole nitrogens is 1. The van der Waals surface area contributed by atoms with Gasteiger partial charge in [-0.05, 0) is 138 Å². The molecule has 32 N–H and O–H groups in total. The molecule has 0 saturated carbocycles. The number of phenolic OH excluding ortho intramolecular Hbond substituents is 1. The summed E-state index contributed by atoms with van der Waals surface area (Å²) in [4.78, 5) is 266. The number of aromatic amines is 1. The number of phenols is 1. The number of carboxylic acid groups (broad SMARTS) is 2. The van der Waals surface area contributed by atoms with Crippen LogP contribution in [0.4, 0.5) is 0 Å². The van der Waals surface area contributed by atoms with Crippen molar-refractivity contribution in [3.05, 3.63) is 48.0 Å². The molecule has 2 aromatic rings. The number of aliphatic hydroxyl groups excluding tert-OH is 1. The molecule has 1 aromatic heterocycles. The van der Waals surface area contributed by atoms with E-state index in [1.165, 1.54) is 36.8 Å². The number of carbonyl (C=O) groups excluding carboxylic acids is 17. The number of rotatable bonds is 60. The third-order valence-electron chi connectivity index (χ3n) is 20.6. The predicted molar refractivity (Wildman–Crippen MR) is 472 cm³/mol. The molecule has 130 heavy (non-hydrogen) atoms. The Bertz CT molecular complexity index is 4160. The Kier molecular flexibility index (Phi) is 49.5. The number of hydrogen-bond donors (Lipinski definition) is 28. The first kappa shape index (κ1) is 112. The van der Waals surface area contributed by atoms with Crippen LogP contribution < -0.4 is 114 Å². The number of carboxylic acids is 2. The van der Waals surface area contributed by atoms with Gasteiger partial charge in [0.05, 0.1) is 50.2 Å². The Balaban J connectivity index is 1.79. The van der Waals surface area contributed by atoms with Gasteiger partial charge in [-0.15, -0.1) is 0 Å². The maximum absolute atomic E-state index is 14.7. The Morgan fingerprint density at radius 1 is 0.508 bits per heavy atom. The lowest BCUT2D eigenvalue weighted by atomic mass is 9.99. The summed E-state index contributed by atoms with van der Waals surface area (Å²) in [5.41, 5.74) is 28.9. The van der Waals surface area contributed by atoms with E-state index in [-0.39, 0.29) is 114 Å². The number of nitrogens with two attached hydrogens (primary N) is 5. The number of aliphatic carboxylic acids is 2. The summed E-state index contributed by atoms with van der Waals surface area (Å²) in [5.74, 6) is -21.9. The van der Waals surface area contributed by atoms with Crippen LogP contribution in [0.2, 0.25) is 0 Å². The number of aromatic hydroxyl groups is 1. The van der Waals surface area contributed by atoms with Crippen molar-refractivity contribution in [3.8, 4) is 5.75 Å². The van der Waals surface area contributed by atoms with Gasteiger partial charge < -0.3 is 144 Å². The first-order chi connectivity index (χ1) is 61.2. The molecule has 15 atom stereocenters. The highest BCUT2D eigenvalue weighted by Gasteiger charge is 2.41. The van der Waals surface area contributed by atoms with Crippen LogP contribution in [-0.4, -0.2) is 296 Å². The maximum Gasteiger partial charge on any atom is 0.326 e. The summed E-state index contributed by atoms with van der Waals surface area (Å²) in [6.45, 7) is 12.1. The Morgan fingerprint density at radius 3 is 1.50 bits per heavy atom. The van der Waals surface area contributed by atoms with Crippen molar-refractivity contribution in [1.29, 1.82) is 5.41 Å². The highest BCUT2D eigenvalue weighted by atomic mass is 32.1. The molecule has 1 aliphatic heterocycles. The molecule has 1 fully saturated rings. The van der Waals surface area contributed by atoms with E-state index in [2.05, 4.69) is 108 Å². The Hall–Kier alpha value is -12.4. The van der Waals surface area contributed by atoms with Crippen molar-refractivity contribution in [3.63, 3.8) is 0 Å². The van der Waals surface area contributed by atoms with E-state index < -0.39 is 265 Å². The van der Waals surface area contributed by atoms with E-state index >= 15 is 0 Å². The van der Waals surface area contributed by atoms with E-state index in [4.69, 9.17) is 34.1 Å². The number of aromatic nitrogens is 2. The molecular formula is C81H133N25O23S. The number of benzene rings is 1. The van der Waals surface area contributed by atoms with E-state index in [9.17, 15) is 112 Å². The third-order valence-corrected chi connectivity index (χ3v) is 21.0. The minimum absolute atomic E-state index is 0.0169. The number of guanidine groups is 1. The van der Waals surface area contributed by atoms with E-state index in [0.29, 0.717) is 24.1 Å². The lowest BCUT2D eigenvalue weighted by Crippen LogP contribution is -2.61. The molecule has 17 amide bonds. The van der Waals surface area contributed by atoms with E-state index in [1.807, 2.05) is 0 Å². The topological polar surface area (TPSA) is 784 Å². The fourth-order valence-electron chi connectivity index (χ4n) is 13.3. The Morgan fingerprint density at radius 2 is 0.977 bits per heavy atom. The third kappa shape index (κ3) is 40.5. The smallest absolute Gasteiger partial charge is 0.326 e. The standard InChI is InChI=1S/C81H133N25O23S/c1-40(2)30-52(98-70(118)51(24-25-62(113)114)95-74(122)56(38-130)102-72(120)54(33-58(84)109)100-76(124)63(85)41(3)4)68(116)92-37-61(112)106-29-15-19-57(106)75(123)99-53(31-45-20-22-47(108)23-21-45)73(121)105-65(43(7)8)78(126)96-48(16-10-12-26-82)67(115)90-36-60(111)103-66(44(9)107)79(127)97-50(17-11-13-27-83)71(119)104-64(42(5)6)77(125)91-35-59(110)94-49(18-14-28-89-81(86)87)69(117)101-55(80(128)129)32-46-34-88-39-93-46/h20-23,34,39-44,48-57,63-66,107-108,130H,10-19,24-33,35-38,82-83,85H2,1-9H3,(H2,84,109)(H,88,93)(H,90,115)(H,91,125)(H,92,116)(H,94,110)(H,95,122)(H,96,126)(H,97,127)(H,98,118)(H,99,123)(H,100,124)(H,101,117)(H,102,120)(H,103,111)(H,104,119)(H,105,121)(H,113,114)(H,128,129)(H4,86,87,89)/t44-,48+,49+,50+,51+,52+,53+,54+,55+,56+,57+,63+,64+,65+,66+/m1/s1. The van der Waals surface area contributed by atoms with Gasteiger partial charge in [-0.1, -0.05) is 67.5 Å². The molecule has 0 bridgehead atoms. The molecule has 48 nitrogen and oxygen atoms in total. The Labute approximate surface area is 758 Å². The predicted octanol–water partition coefficient (Wildman–Crippen LogP) is -7.94. The number of likely N-dealkylation sites (tertiary alicyclic amines) is 1. The van der Waals surface area contributed by atoms with E-state index in [1.54, 1.807) is 55.4 Å². The summed E-state index contributed by atoms with van der Waals surface area (Å²) in [5, 5.41) is 87.6. The van der Waals surface area contributed by atoms with Gasteiger partial charge in [-0.3, -0.25) is 91.7 Å². The average molecular weight is 1860 g/mol. The number of nitrogens with zero attached hydrogens (tertiary/aromatic N) is 2. The van der Waals surface area contributed by atoms with Crippen molar-refractivity contribution in [1.82, 2.24) is 99.9 Å². The summed E-state index contributed by atoms with van der Waals surface area (Å²) in [7, 11) is 0. The van der Waals surface area contributed by atoms with Crippen molar-refractivity contribution in [2.24, 2.45) is 52.3 Å². The highest BCUT2D eigenvalue weighted by molar-refractivity contribution is 7.80. The first-order valence-electron chi connectivity index (χ1n) is 43.0. The van der Waals surface area contributed by atoms with Crippen LogP contribution in [0, 0.1) is 29.1 Å².